The van der Waals surface area contributed by atoms with Crippen molar-refractivity contribution in [1.82, 2.24) is 9.97 Å². The zero-order valence-corrected chi connectivity index (χ0v) is 21.2. The summed E-state index contributed by atoms with van der Waals surface area (Å²) < 4.78 is 72.9. The van der Waals surface area contributed by atoms with E-state index in [1.807, 2.05) is 0 Å². The number of allylic oxidation sites excluding steroid dienone is 1. The summed E-state index contributed by atoms with van der Waals surface area (Å²) in [4.78, 5) is 19.6. The Labute approximate surface area is 220 Å². The highest BCUT2D eigenvalue weighted by Gasteiger charge is 2.31. The van der Waals surface area contributed by atoms with E-state index in [1.165, 1.54) is 0 Å². The number of imidazole rings is 1. The number of amidine groups is 1. The molecule has 202 valence electrons. The van der Waals surface area contributed by atoms with Crippen LogP contribution in [0.2, 0.25) is 0 Å². The Morgan fingerprint density at radius 2 is 1.72 bits per heavy atom. The molecule has 0 saturated heterocycles. The van der Waals surface area contributed by atoms with Crippen molar-refractivity contribution in [3.8, 4) is 0 Å². The Balaban J connectivity index is 1.96. The molecule has 1 heterocycles. The lowest BCUT2D eigenvalue weighted by Crippen LogP contribution is -2.38. The number of nitrogens with two attached hydrogens (primary N) is 1. The van der Waals surface area contributed by atoms with Gasteiger partial charge in [-0.2, -0.15) is 8.42 Å². The molecule has 0 spiro atoms. The third kappa shape index (κ3) is 5.40. The third-order valence-corrected chi connectivity index (χ3v) is 6.91. The van der Waals surface area contributed by atoms with Gasteiger partial charge in [-0.3, -0.25) is 4.79 Å². The van der Waals surface area contributed by atoms with E-state index in [-0.39, 0.29) is 5.82 Å². The maximum Gasteiger partial charge on any atom is 0.286 e. The maximum absolute atomic E-state index is 15.6. The van der Waals surface area contributed by atoms with Crippen molar-refractivity contribution < 1.29 is 36.6 Å². The molecule has 3 aromatic carbocycles. The number of sulfonamides is 1. The van der Waals surface area contributed by atoms with Crippen molar-refractivity contribution in [2.24, 2.45) is 10.1 Å². The second kappa shape index (κ2) is 10.0. The lowest BCUT2D eigenvalue weighted by molar-refractivity contribution is 0.105. The van der Waals surface area contributed by atoms with Crippen LogP contribution in [-0.2, 0) is 10.0 Å². The van der Waals surface area contributed by atoms with Crippen molar-refractivity contribution >= 4 is 44.0 Å². The van der Waals surface area contributed by atoms with Crippen LogP contribution in [0.15, 0.2) is 70.0 Å². The highest BCUT2D eigenvalue weighted by atomic mass is 32.2. The first-order valence-corrected chi connectivity index (χ1v) is 12.6. The summed E-state index contributed by atoms with van der Waals surface area (Å²) in [5, 5.41) is 20.9. The zero-order chi connectivity index (χ0) is 28.7. The van der Waals surface area contributed by atoms with Gasteiger partial charge in [0, 0.05) is 0 Å². The van der Waals surface area contributed by atoms with E-state index in [2.05, 4.69) is 14.4 Å². The fraction of sp³-hybridized carbons (Fsp3) is 0.115. The average molecular weight is 559 g/mol. The summed E-state index contributed by atoms with van der Waals surface area (Å²) in [6.45, 7) is 2.33. The van der Waals surface area contributed by atoms with Gasteiger partial charge in [0.15, 0.2) is 5.82 Å². The summed E-state index contributed by atoms with van der Waals surface area (Å²) in [6, 6.07) is 11.4. The number of aromatic nitrogens is 2. The SMILES string of the molecule is CC(C)(O)C(N)=NS(=O)(=O)c1cccc(C(=O)C(=C(O)c2cc(F)ccc2F)c2nc3ccccc3[nH]2)c1F. The number of aliphatic hydroxyl groups excluding tert-OH is 1. The van der Waals surface area contributed by atoms with Crippen LogP contribution in [0.4, 0.5) is 13.2 Å². The molecule has 39 heavy (non-hydrogen) atoms. The van der Waals surface area contributed by atoms with E-state index < -0.39 is 72.0 Å². The first-order valence-electron chi connectivity index (χ1n) is 11.2. The van der Waals surface area contributed by atoms with Crippen molar-refractivity contribution in [3.63, 3.8) is 0 Å². The number of nitrogens with zero attached hydrogens (tertiary/aromatic N) is 2. The minimum absolute atomic E-state index is 0.320. The van der Waals surface area contributed by atoms with Crippen LogP contribution in [-0.4, -0.2) is 45.8 Å². The Morgan fingerprint density at radius 3 is 2.38 bits per heavy atom. The van der Waals surface area contributed by atoms with E-state index in [9.17, 15) is 32.2 Å². The second-order valence-electron chi connectivity index (χ2n) is 8.91. The summed E-state index contributed by atoms with van der Waals surface area (Å²) in [6.07, 6.45) is 0. The molecular weight excluding hydrogens is 537 g/mol. The Kier molecular flexibility index (Phi) is 7.06. The molecule has 4 aromatic rings. The van der Waals surface area contributed by atoms with Crippen LogP contribution in [0.5, 0.6) is 0 Å². The molecule has 4 rings (SSSR count). The normalized spacial score (nSPS) is 13.4. The Hall–Kier alpha value is -4.49. The summed E-state index contributed by atoms with van der Waals surface area (Å²) in [5.41, 5.74) is 2.08. The maximum atomic E-state index is 15.6. The lowest BCUT2D eigenvalue weighted by atomic mass is 9.98. The minimum atomic E-state index is -4.86. The number of carbonyl (C=O) groups is 1. The molecule has 5 N–H and O–H groups in total. The lowest BCUT2D eigenvalue weighted by Gasteiger charge is -2.16. The summed E-state index contributed by atoms with van der Waals surface area (Å²) in [5.74, 6) is -7.02. The molecule has 9 nitrogen and oxygen atoms in total. The number of halogens is 3. The quantitative estimate of drug-likeness (QED) is 0.0874. The van der Waals surface area contributed by atoms with Gasteiger partial charge in [0.2, 0.25) is 5.78 Å². The number of carbonyl (C=O) groups excluding carboxylic acids is 1. The van der Waals surface area contributed by atoms with Crippen LogP contribution >= 0.6 is 0 Å². The van der Waals surface area contributed by atoms with Gasteiger partial charge in [-0.25, -0.2) is 18.2 Å². The predicted octanol–water partition coefficient (Wildman–Crippen LogP) is 4.11. The molecule has 1 aromatic heterocycles. The number of hydrogen-bond acceptors (Lipinski definition) is 6. The van der Waals surface area contributed by atoms with E-state index >= 15 is 4.39 Å². The first kappa shape index (κ1) is 27.5. The predicted molar refractivity (Wildman–Crippen MR) is 138 cm³/mol. The van der Waals surface area contributed by atoms with Gasteiger partial charge in [-0.05, 0) is 56.3 Å². The fourth-order valence-electron chi connectivity index (χ4n) is 3.52. The van der Waals surface area contributed by atoms with Gasteiger partial charge >= 0.3 is 0 Å². The molecular formula is C26H21F3N4O5S. The molecule has 0 bridgehead atoms. The number of rotatable bonds is 7. The molecule has 0 atom stereocenters. The number of fused-ring (bicyclic) bond motifs is 1. The number of para-hydroxylation sites is 2. The van der Waals surface area contributed by atoms with Crippen molar-refractivity contribution in [3.05, 3.63) is 95.1 Å². The van der Waals surface area contributed by atoms with Crippen LogP contribution < -0.4 is 5.73 Å². The first-order chi connectivity index (χ1) is 18.2. The summed E-state index contributed by atoms with van der Waals surface area (Å²) >= 11 is 0. The molecule has 0 unspecified atom stereocenters. The second-order valence-corrected chi connectivity index (χ2v) is 10.5. The van der Waals surface area contributed by atoms with Crippen LogP contribution in [0.3, 0.4) is 0 Å². The van der Waals surface area contributed by atoms with Gasteiger partial charge in [-0.1, -0.05) is 18.2 Å². The largest absolute Gasteiger partial charge is 0.506 e. The zero-order valence-electron chi connectivity index (χ0n) is 20.4. The topological polar surface area (TPSA) is 159 Å². The number of aromatic amines is 1. The highest BCUT2D eigenvalue weighted by Crippen LogP contribution is 2.32. The van der Waals surface area contributed by atoms with Crippen LogP contribution in [0.25, 0.3) is 22.4 Å². The van der Waals surface area contributed by atoms with Gasteiger partial charge in [0.05, 0.1) is 22.2 Å². The summed E-state index contributed by atoms with van der Waals surface area (Å²) in [7, 11) is -4.86. The number of hydrogen-bond donors (Lipinski definition) is 4. The highest BCUT2D eigenvalue weighted by molar-refractivity contribution is 7.90. The molecule has 0 saturated carbocycles. The number of aliphatic hydroxyl groups is 2. The Bertz CT molecular complexity index is 1760. The molecule has 0 aliphatic carbocycles. The fourth-order valence-corrected chi connectivity index (χ4v) is 4.69. The molecule has 13 heteroatoms. The minimum Gasteiger partial charge on any atom is -0.506 e. The number of benzene rings is 3. The Morgan fingerprint density at radius 1 is 1.03 bits per heavy atom. The van der Waals surface area contributed by atoms with Gasteiger partial charge < -0.3 is 20.9 Å². The smallest absolute Gasteiger partial charge is 0.286 e. The number of Topliss-reactive ketones (excluding diaryl/α,β-unsaturated/α-hetero) is 1. The molecule has 0 aliphatic rings. The van der Waals surface area contributed by atoms with Crippen LogP contribution in [0.1, 0.15) is 35.6 Å². The number of nitrogens with one attached hydrogen (secondary N) is 1. The van der Waals surface area contributed by atoms with Crippen molar-refractivity contribution in [2.45, 2.75) is 24.3 Å². The van der Waals surface area contributed by atoms with Crippen LogP contribution in [0, 0.1) is 17.5 Å². The van der Waals surface area contributed by atoms with E-state index in [4.69, 9.17) is 5.73 Å². The van der Waals surface area contributed by atoms with Crippen molar-refractivity contribution in [1.29, 1.82) is 0 Å². The average Bonchev–Trinajstić information content (AvgIpc) is 3.28. The molecule has 0 aliphatic heterocycles. The van der Waals surface area contributed by atoms with Gasteiger partial charge in [0.1, 0.15) is 45.1 Å². The molecule has 0 amide bonds. The van der Waals surface area contributed by atoms with E-state index in [0.29, 0.717) is 17.1 Å². The standard InChI is InChI=1S/C26H21F3N4O5S/c1-26(2,36)25(30)33-39(37,38)19-9-5-6-14(21(19)29)22(34)20(23(35)15-12-13(27)10-11-16(15)28)24-31-17-7-3-4-8-18(17)32-24/h3-12,35-36H,1-2H3,(H2,30,33)(H,31,32). The van der Waals surface area contributed by atoms with E-state index in [1.54, 1.807) is 24.3 Å². The van der Waals surface area contributed by atoms with Gasteiger partial charge in [0.25, 0.3) is 10.0 Å². The molecule has 0 radical (unpaired) electrons. The van der Waals surface area contributed by atoms with Gasteiger partial charge in [-0.15, -0.1) is 4.40 Å². The van der Waals surface area contributed by atoms with E-state index in [0.717, 1.165) is 44.2 Å². The third-order valence-electron chi connectivity index (χ3n) is 5.60. The number of H-pyrrole nitrogens is 1. The number of ketones is 1. The monoisotopic (exact) mass is 558 g/mol. The molecule has 0 fully saturated rings. The van der Waals surface area contributed by atoms with Crippen molar-refractivity contribution in [2.75, 3.05) is 0 Å².